The lowest BCUT2D eigenvalue weighted by molar-refractivity contribution is -0.118. The topological polar surface area (TPSA) is 147 Å². The lowest BCUT2D eigenvalue weighted by Crippen LogP contribution is -2.52. The molecule has 196 valence electrons. The maximum atomic E-state index is 13.8. The van der Waals surface area contributed by atoms with E-state index in [0.717, 1.165) is 0 Å². The lowest BCUT2D eigenvalue weighted by Gasteiger charge is -2.36. The second-order valence-electron chi connectivity index (χ2n) is 8.63. The number of hydrogen-bond donors (Lipinski definition) is 1. The van der Waals surface area contributed by atoms with Crippen LogP contribution in [0.3, 0.4) is 0 Å². The van der Waals surface area contributed by atoms with E-state index in [1.165, 1.54) is 44.6 Å². The summed E-state index contributed by atoms with van der Waals surface area (Å²) in [7, 11) is 4.31. The average molecular weight is 540 g/mol. The predicted molar refractivity (Wildman–Crippen MR) is 135 cm³/mol. The van der Waals surface area contributed by atoms with Gasteiger partial charge in [0.05, 0.1) is 32.6 Å². The Morgan fingerprint density at radius 3 is 2.55 bits per heavy atom. The molecule has 5 rings (SSSR count). The minimum Gasteiger partial charge on any atom is -0.507 e. The second kappa shape index (κ2) is 9.45. The van der Waals surface area contributed by atoms with E-state index in [2.05, 4.69) is 20.5 Å². The van der Waals surface area contributed by atoms with Crippen LogP contribution in [0.25, 0.3) is 5.69 Å². The van der Waals surface area contributed by atoms with Gasteiger partial charge in [-0.1, -0.05) is 18.5 Å². The highest BCUT2D eigenvalue weighted by molar-refractivity contribution is 6.35. The van der Waals surface area contributed by atoms with Crippen LogP contribution in [-0.4, -0.2) is 70.0 Å². The molecule has 2 atom stereocenters. The van der Waals surface area contributed by atoms with Crippen molar-refractivity contribution in [2.75, 3.05) is 21.3 Å². The zero-order valence-electron chi connectivity index (χ0n) is 20.8. The zero-order valence-corrected chi connectivity index (χ0v) is 21.5. The molecule has 38 heavy (non-hydrogen) atoms. The van der Waals surface area contributed by atoms with Gasteiger partial charge in [0.2, 0.25) is 11.4 Å². The Bertz CT molecular complexity index is 1520. The third kappa shape index (κ3) is 3.67. The van der Waals surface area contributed by atoms with E-state index in [1.54, 1.807) is 25.1 Å². The van der Waals surface area contributed by atoms with E-state index < -0.39 is 28.8 Å². The van der Waals surface area contributed by atoms with Crippen molar-refractivity contribution >= 4 is 35.1 Å². The van der Waals surface area contributed by atoms with E-state index in [1.807, 2.05) is 0 Å². The van der Waals surface area contributed by atoms with E-state index in [-0.39, 0.29) is 39.8 Å². The molecule has 0 bridgehead atoms. The van der Waals surface area contributed by atoms with E-state index in [0.29, 0.717) is 17.1 Å². The molecule has 0 amide bonds. The molecule has 12 nitrogen and oxygen atoms in total. The first kappa shape index (κ1) is 25.2. The number of halogens is 1. The van der Waals surface area contributed by atoms with Gasteiger partial charge in [0.1, 0.15) is 39.8 Å². The Labute approximate surface area is 221 Å². The summed E-state index contributed by atoms with van der Waals surface area (Å²) in [4.78, 5) is 31.2. The van der Waals surface area contributed by atoms with Crippen molar-refractivity contribution in [1.82, 2.24) is 20.2 Å². The summed E-state index contributed by atoms with van der Waals surface area (Å²) < 4.78 is 23.5. The number of Topliss-reactive ketones (excluding diaryl/α,β-unsaturated/α-hetero) is 2. The highest BCUT2D eigenvalue weighted by Crippen LogP contribution is 2.54. The maximum Gasteiger partial charge on any atom is 0.231 e. The summed E-state index contributed by atoms with van der Waals surface area (Å²) in [5, 5.41) is 22.6. The number of carbonyl (C=O) groups excluding carboxylic acids is 2. The molecular formula is C25H22ClN5O7. The minimum atomic E-state index is -1.89. The van der Waals surface area contributed by atoms with Gasteiger partial charge in [-0.25, -0.2) is 0 Å². The van der Waals surface area contributed by atoms with Crippen molar-refractivity contribution in [1.29, 1.82) is 0 Å². The largest absolute Gasteiger partial charge is 0.507 e. The van der Waals surface area contributed by atoms with Crippen LogP contribution in [0, 0.1) is 5.92 Å². The van der Waals surface area contributed by atoms with Gasteiger partial charge in [-0.3, -0.25) is 14.6 Å². The molecule has 2 heterocycles. The number of benzene rings is 2. The molecule has 2 unspecified atom stereocenters. The van der Waals surface area contributed by atoms with Gasteiger partial charge >= 0.3 is 0 Å². The number of aliphatic hydroxyl groups excluding tert-OH is 1. The van der Waals surface area contributed by atoms with Crippen LogP contribution in [-0.2, 0) is 4.79 Å². The number of allylic oxidation sites excluding steroid dienone is 1. The molecule has 2 aromatic carbocycles. The molecule has 1 N–H and O–H groups in total. The molecule has 1 aromatic heterocycles. The van der Waals surface area contributed by atoms with Crippen LogP contribution in [0.5, 0.6) is 23.0 Å². The van der Waals surface area contributed by atoms with Gasteiger partial charge in [0.25, 0.3) is 0 Å². The number of rotatable bonds is 6. The van der Waals surface area contributed by atoms with Crippen molar-refractivity contribution in [3.05, 3.63) is 52.5 Å². The SMILES string of the molecule is COc1ccc(N=CC2=C(O)C3(Oc4c(Cl)c(OC)cc(OC)c4C3=O)C(C)CC2=O)cc1-n1cnnn1. The monoisotopic (exact) mass is 539 g/mol. The van der Waals surface area contributed by atoms with E-state index in [9.17, 15) is 14.7 Å². The first-order valence-corrected chi connectivity index (χ1v) is 11.7. The second-order valence-corrected chi connectivity index (χ2v) is 9.00. The van der Waals surface area contributed by atoms with Gasteiger partial charge in [-0.2, -0.15) is 4.68 Å². The van der Waals surface area contributed by atoms with Gasteiger partial charge < -0.3 is 24.1 Å². The van der Waals surface area contributed by atoms with Crippen molar-refractivity contribution in [2.24, 2.45) is 10.9 Å². The Kier molecular flexibility index (Phi) is 6.27. The van der Waals surface area contributed by atoms with E-state index in [4.69, 9.17) is 30.5 Å². The number of methoxy groups -OCH3 is 3. The standard InChI is InChI=1S/C25H22ClN5O7/c1-12-7-16(32)14(10-27-13-5-6-17(35-2)15(8-13)31-11-28-29-30-31)23(33)25(12)24(34)20-18(36-3)9-19(37-4)21(26)22(20)38-25/h5-6,8-12,33H,7H2,1-4H3. The molecule has 13 heteroatoms. The predicted octanol–water partition coefficient (Wildman–Crippen LogP) is 3.48. The molecule has 0 saturated carbocycles. The highest BCUT2D eigenvalue weighted by Gasteiger charge is 2.60. The number of carbonyl (C=O) groups is 2. The Morgan fingerprint density at radius 1 is 1.16 bits per heavy atom. The van der Waals surface area contributed by atoms with Crippen LogP contribution in [0.4, 0.5) is 5.69 Å². The van der Waals surface area contributed by atoms with Crippen LogP contribution < -0.4 is 18.9 Å². The average Bonchev–Trinajstić information content (AvgIpc) is 3.56. The fourth-order valence-corrected chi connectivity index (χ4v) is 4.93. The number of aliphatic hydroxyl groups is 1. The quantitative estimate of drug-likeness (QED) is 0.461. The molecule has 1 aliphatic carbocycles. The van der Waals surface area contributed by atoms with Crippen molar-refractivity contribution < 1.29 is 33.6 Å². The molecule has 2 aliphatic rings. The van der Waals surface area contributed by atoms with Gasteiger partial charge in [0.15, 0.2) is 17.3 Å². The number of aliphatic imine (C=N–C) groups is 1. The van der Waals surface area contributed by atoms with Crippen LogP contribution in [0.15, 0.2) is 46.9 Å². The summed E-state index contributed by atoms with van der Waals surface area (Å²) in [5.74, 6) is -1.35. The summed E-state index contributed by atoms with van der Waals surface area (Å²) in [6, 6.07) is 6.41. The number of aromatic nitrogens is 4. The number of ether oxygens (including phenoxy) is 4. The summed E-state index contributed by atoms with van der Waals surface area (Å²) in [6.07, 6.45) is 2.51. The number of ketones is 2. The molecule has 0 fully saturated rings. The minimum absolute atomic E-state index is 0.0122. The lowest BCUT2D eigenvalue weighted by atomic mass is 9.73. The molecule has 1 aliphatic heterocycles. The van der Waals surface area contributed by atoms with Gasteiger partial charge in [-0.05, 0) is 28.6 Å². The third-order valence-corrected chi connectivity index (χ3v) is 6.97. The van der Waals surface area contributed by atoms with Crippen LogP contribution >= 0.6 is 11.6 Å². The first-order chi connectivity index (χ1) is 18.3. The van der Waals surface area contributed by atoms with Gasteiger partial charge in [-0.15, -0.1) is 5.10 Å². The fourth-order valence-electron chi connectivity index (χ4n) is 4.66. The van der Waals surface area contributed by atoms with Crippen molar-refractivity contribution in [3.8, 4) is 28.7 Å². The molecule has 1 spiro atoms. The van der Waals surface area contributed by atoms with Crippen LogP contribution in [0.2, 0.25) is 5.02 Å². The summed E-state index contributed by atoms with van der Waals surface area (Å²) >= 11 is 6.46. The summed E-state index contributed by atoms with van der Waals surface area (Å²) in [6.45, 7) is 1.64. The van der Waals surface area contributed by atoms with Gasteiger partial charge in [0, 0.05) is 24.6 Å². The molecule has 3 aromatic rings. The maximum absolute atomic E-state index is 13.8. The zero-order chi connectivity index (χ0) is 27.2. The summed E-state index contributed by atoms with van der Waals surface area (Å²) in [5.41, 5.74) is -1.08. The molecule has 0 radical (unpaired) electrons. The third-order valence-electron chi connectivity index (χ3n) is 6.61. The normalized spacial score (nSPS) is 20.7. The number of tetrazole rings is 1. The number of nitrogens with zero attached hydrogens (tertiary/aromatic N) is 5. The highest BCUT2D eigenvalue weighted by atomic mass is 35.5. The number of fused-ring (bicyclic) bond motifs is 1. The van der Waals surface area contributed by atoms with Crippen molar-refractivity contribution in [3.63, 3.8) is 0 Å². The Morgan fingerprint density at radius 2 is 1.89 bits per heavy atom. The first-order valence-electron chi connectivity index (χ1n) is 11.4. The molecule has 0 saturated heterocycles. The Hall–Kier alpha value is -4.45. The van der Waals surface area contributed by atoms with Crippen molar-refractivity contribution in [2.45, 2.75) is 18.9 Å². The molecular weight excluding hydrogens is 518 g/mol. The Balaban J connectivity index is 1.59. The fraction of sp³-hybridized carbons (Fsp3) is 0.280. The van der Waals surface area contributed by atoms with Crippen LogP contribution in [0.1, 0.15) is 23.7 Å². The van der Waals surface area contributed by atoms with E-state index >= 15 is 0 Å². The number of hydrogen-bond acceptors (Lipinski definition) is 11. The smallest absolute Gasteiger partial charge is 0.231 e.